The molecular formula is C15H12N6S. The average molecular weight is 308 g/mol. The number of para-hydroxylation sites is 1. The van der Waals surface area contributed by atoms with Crippen molar-refractivity contribution in [1.82, 2.24) is 20.2 Å². The number of H-pyrrole nitrogens is 1. The Kier molecular flexibility index (Phi) is 3.05. The van der Waals surface area contributed by atoms with E-state index in [1.165, 1.54) is 4.88 Å². The van der Waals surface area contributed by atoms with Crippen molar-refractivity contribution in [3.8, 4) is 0 Å². The topological polar surface area (TPSA) is 78.8 Å². The van der Waals surface area contributed by atoms with Crippen LogP contribution in [0, 0.1) is 6.92 Å². The van der Waals surface area contributed by atoms with Gasteiger partial charge >= 0.3 is 0 Å². The first kappa shape index (κ1) is 12.9. The number of hydrazone groups is 1. The van der Waals surface area contributed by atoms with Gasteiger partial charge in [-0.25, -0.2) is 5.43 Å². The van der Waals surface area contributed by atoms with Gasteiger partial charge < -0.3 is 4.98 Å². The van der Waals surface area contributed by atoms with Gasteiger partial charge in [0.25, 0.3) is 5.95 Å². The predicted molar refractivity (Wildman–Crippen MR) is 89.5 cm³/mol. The molecule has 7 heteroatoms. The Bertz CT molecular complexity index is 984. The molecule has 0 spiro atoms. The Balaban J connectivity index is 1.62. The average Bonchev–Trinajstić information content (AvgIpc) is 3.10. The lowest BCUT2D eigenvalue weighted by Crippen LogP contribution is -1.98. The number of hydrogen-bond donors (Lipinski definition) is 2. The first-order valence-electron chi connectivity index (χ1n) is 6.76. The Labute approximate surface area is 129 Å². The lowest BCUT2D eigenvalue weighted by molar-refractivity contribution is 1.01. The Morgan fingerprint density at radius 3 is 2.95 bits per heavy atom. The van der Waals surface area contributed by atoms with Crippen LogP contribution in [0.3, 0.4) is 0 Å². The van der Waals surface area contributed by atoms with Gasteiger partial charge in [-0.05, 0) is 25.1 Å². The zero-order valence-electron chi connectivity index (χ0n) is 11.7. The van der Waals surface area contributed by atoms with Crippen molar-refractivity contribution in [2.45, 2.75) is 6.92 Å². The summed E-state index contributed by atoms with van der Waals surface area (Å²) in [4.78, 5) is 9.95. The smallest absolute Gasteiger partial charge is 0.265 e. The van der Waals surface area contributed by atoms with Gasteiger partial charge in [0.05, 0.1) is 6.21 Å². The van der Waals surface area contributed by atoms with Gasteiger partial charge in [0, 0.05) is 20.7 Å². The summed E-state index contributed by atoms with van der Waals surface area (Å²) in [6.07, 6.45) is 1.75. The first-order valence-corrected chi connectivity index (χ1v) is 7.58. The SMILES string of the molecule is Cc1ccc(C=NNc2nnc3c(n2)[nH]c2ccccc23)s1. The lowest BCUT2D eigenvalue weighted by Gasteiger charge is -1.96. The van der Waals surface area contributed by atoms with Gasteiger partial charge in [-0.15, -0.1) is 21.5 Å². The van der Waals surface area contributed by atoms with E-state index in [1.807, 2.05) is 30.3 Å². The van der Waals surface area contributed by atoms with E-state index in [0.717, 1.165) is 21.3 Å². The van der Waals surface area contributed by atoms with Gasteiger partial charge in [0.1, 0.15) is 5.52 Å². The quantitative estimate of drug-likeness (QED) is 0.449. The molecule has 0 bridgehead atoms. The minimum Gasteiger partial charge on any atom is -0.338 e. The molecule has 4 rings (SSSR count). The van der Waals surface area contributed by atoms with Crippen LogP contribution in [-0.2, 0) is 0 Å². The van der Waals surface area contributed by atoms with Crippen LogP contribution >= 0.6 is 11.3 Å². The molecule has 3 aromatic heterocycles. The van der Waals surface area contributed by atoms with E-state index in [0.29, 0.717) is 11.6 Å². The third-order valence-electron chi connectivity index (χ3n) is 3.24. The van der Waals surface area contributed by atoms with Crippen molar-refractivity contribution in [2.75, 3.05) is 5.43 Å². The van der Waals surface area contributed by atoms with Crippen LogP contribution < -0.4 is 5.43 Å². The third-order valence-corrected chi connectivity index (χ3v) is 4.17. The van der Waals surface area contributed by atoms with E-state index < -0.39 is 0 Å². The third kappa shape index (κ3) is 2.31. The zero-order chi connectivity index (χ0) is 14.9. The van der Waals surface area contributed by atoms with Crippen LogP contribution in [0.4, 0.5) is 5.95 Å². The molecule has 2 N–H and O–H groups in total. The molecule has 3 heterocycles. The molecule has 0 aliphatic carbocycles. The highest BCUT2D eigenvalue weighted by molar-refractivity contribution is 7.13. The van der Waals surface area contributed by atoms with Crippen molar-refractivity contribution in [2.24, 2.45) is 5.10 Å². The molecule has 108 valence electrons. The molecule has 22 heavy (non-hydrogen) atoms. The summed E-state index contributed by atoms with van der Waals surface area (Å²) in [6, 6.07) is 12.0. The highest BCUT2D eigenvalue weighted by Gasteiger charge is 2.07. The monoisotopic (exact) mass is 308 g/mol. The minimum absolute atomic E-state index is 0.364. The summed E-state index contributed by atoms with van der Waals surface area (Å²) < 4.78 is 0. The van der Waals surface area contributed by atoms with Gasteiger partial charge in [-0.2, -0.15) is 10.1 Å². The molecule has 0 radical (unpaired) electrons. The number of nitrogens with zero attached hydrogens (tertiary/aromatic N) is 4. The second-order valence-corrected chi connectivity index (χ2v) is 6.14. The fourth-order valence-corrected chi connectivity index (χ4v) is 2.99. The predicted octanol–water partition coefficient (Wildman–Crippen LogP) is 3.32. The fraction of sp³-hybridized carbons (Fsp3) is 0.0667. The van der Waals surface area contributed by atoms with Crippen molar-refractivity contribution < 1.29 is 0 Å². The first-order chi connectivity index (χ1) is 10.8. The van der Waals surface area contributed by atoms with Crippen LogP contribution in [0.25, 0.3) is 22.1 Å². The molecule has 0 atom stereocenters. The summed E-state index contributed by atoms with van der Waals surface area (Å²) >= 11 is 1.68. The van der Waals surface area contributed by atoms with Crippen LogP contribution in [0.5, 0.6) is 0 Å². The number of aromatic amines is 1. The number of anilines is 1. The zero-order valence-corrected chi connectivity index (χ0v) is 12.6. The fourth-order valence-electron chi connectivity index (χ4n) is 2.24. The van der Waals surface area contributed by atoms with E-state index in [1.54, 1.807) is 17.6 Å². The maximum absolute atomic E-state index is 4.40. The van der Waals surface area contributed by atoms with E-state index in [-0.39, 0.29) is 0 Å². The van der Waals surface area contributed by atoms with Crippen LogP contribution in [0.15, 0.2) is 41.5 Å². The number of aromatic nitrogens is 4. The van der Waals surface area contributed by atoms with Gasteiger partial charge in [0.15, 0.2) is 5.65 Å². The Morgan fingerprint density at radius 2 is 2.09 bits per heavy atom. The van der Waals surface area contributed by atoms with E-state index in [4.69, 9.17) is 0 Å². The van der Waals surface area contributed by atoms with E-state index in [2.05, 4.69) is 43.7 Å². The standard InChI is InChI=1S/C15H12N6S/c1-9-6-7-10(22-9)8-16-20-15-18-14-13(19-21-15)11-4-2-3-5-12(11)17-14/h2-8H,1H3,(H2,17,18,20,21). The normalized spacial score (nSPS) is 11.7. The number of benzene rings is 1. The summed E-state index contributed by atoms with van der Waals surface area (Å²) in [6.45, 7) is 2.06. The Morgan fingerprint density at radius 1 is 1.18 bits per heavy atom. The number of rotatable bonds is 3. The molecule has 6 nitrogen and oxygen atoms in total. The molecule has 0 amide bonds. The number of aryl methyl sites for hydroxylation is 1. The highest BCUT2D eigenvalue weighted by Crippen LogP contribution is 2.21. The van der Waals surface area contributed by atoms with Crippen molar-refractivity contribution >= 4 is 45.6 Å². The molecular weight excluding hydrogens is 296 g/mol. The molecule has 0 aliphatic heterocycles. The van der Waals surface area contributed by atoms with Crippen molar-refractivity contribution in [3.05, 3.63) is 46.2 Å². The maximum atomic E-state index is 4.40. The number of hydrogen-bond acceptors (Lipinski definition) is 6. The van der Waals surface area contributed by atoms with E-state index in [9.17, 15) is 0 Å². The van der Waals surface area contributed by atoms with Crippen molar-refractivity contribution in [1.29, 1.82) is 0 Å². The molecule has 1 aromatic carbocycles. The maximum Gasteiger partial charge on any atom is 0.265 e. The lowest BCUT2D eigenvalue weighted by atomic mass is 10.2. The number of fused-ring (bicyclic) bond motifs is 3. The van der Waals surface area contributed by atoms with Gasteiger partial charge in [-0.1, -0.05) is 18.2 Å². The Hall–Kier alpha value is -2.80. The summed E-state index contributed by atoms with van der Waals surface area (Å²) in [5.41, 5.74) is 5.26. The minimum atomic E-state index is 0.364. The molecule has 0 saturated heterocycles. The number of nitrogens with one attached hydrogen (secondary N) is 2. The van der Waals surface area contributed by atoms with Crippen LogP contribution in [0.1, 0.15) is 9.75 Å². The molecule has 0 saturated carbocycles. The largest absolute Gasteiger partial charge is 0.338 e. The summed E-state index contributed by atoms with van der Waals surface area (Å²) in [7, 11) is 0. The van der Waals surface area contributed by atoms with E-state index >= 15 is 0 Å². The van der Waals surface area contributed by atoms with Gasteiger partial charge in [-0.3, -0.25) is 0 Å². The summed E-state index contributed by atoms with van der Waals surface area (Å²) in [5, 5.41) is 13.4. The van der Waals surface area contributed by atoms with Crippen LogP contribution in [-0.4, -0.2) is 26.4 Å². The second kappa shape index (κ2) is 5.19. The summed E-state index contributed by atoms with van der Waals surface area (Å²) in [5.74, 6) is 0.364. The van der Waals surface area contributed by atoms with Crippen molar-refractivity contribution in [3.63, 3.8) is 0 Å². The molecule has 0 fully saturated rings. The highest BCUT2D eigenvalue weighted by atomic mass is 32.1. The number of thiophene rings is 1. The molecule has 0 aliphatic rings. The van der Waals surface area contributed by atoms with Gasteiger partial charge in [0.2, 0.25) is 0 Å². The molecule has 0 unspecified atom stereocenters. The molecule has 4 aromatic rings. The van der Waals surface area contributed by atoms with Crippen LogP contribution in [0.2, 0.25) is 0 Å². The second-order valence-electron chi connectivity index (χ2n) is 4.82.